The van der Waals surface area contributed by atoms with Crippen molar-refractivity contribution in [3.05, 3.63) is 21.9 Å². The van der Waals surface area contributed by atoms with Gasteiger partial charge in [0.2, 0.25) is 0 Å². The van der Waals surface area contributed by atoms with Crippen LogP contribution in [0.3, 0.4) is 0 Å². The molecule has 0 radical (unpaired) electrons. The lowest BCUT2D eigenvalue weighted by Gasteiger charge is -2.26. The molecule has 1 aromatic heterocycles. The lowest BCUT2D eigenvalue weighted by molar-refractivity contribution is -0.143. The summed E-state index contributed by atoms with van der Waals surface area (Å²) in [4.78, 5) is 13.9. The van der Waals surface area contributed by atoms with Gasteiger partial charge in [-0.15, -0.1) is 11.3 Å². The maximum atomic E-state index is 11.4. The third-order valence-corrected chi connectivity index (χ3v) is 5.00. The van der Waals surface area contributed by atoms with E-state index in [1.54, 1.807) is 11.3 Å². The monoisotopic (exact) mass is 297 g/mol. The van der Waals surface area contributed by atoms with Crippen molar-refractivity contribution in [2.75, 3.05) is 7.11 Å². The third-order valence-electron chi connectivity index (χ3n) is 3.35. The number of rotatable bonds is 5. The number of hydrogen-bond acceptors (Lipinski definition) is 4. The van der Waals surface area contributed by atoms with Crippen LogP contribution in [0.15, 0.2) is 12.1 Å². The molecule has 1 unspecified atom stereocenters. The van der Waals surface area contributed by atoms with Gasteiger partial charge in [-0.3, -0.25) is 4.79 Å². The molecular formula is C16H27NO2S. The molecule has 0 aliphatic rings. The van der Waals surface area contributed by atoms with Gasteiger partial charge in [0.05, 0.1) is 13.5 Å². The molecule has 20 heavy (non-hydrogen) atoms. The van der Waals surface area contributed by atoms with Gasteiger partial charge < -0.3 is 10.5 Å². The molecular weight excluding hydrogens is 270 g/mol. The Labute approximate surface area is 126 Å². The highest BCUT2D eigenvalue weighted by Gasteiger charge is 2.27. The number of hydrogen-bond donors (Lipinski definition) is 1. The minimum atomic E-state index is -0.177. The van der Waals surface area contributed by atoms with Crippen LogP contribution in [0.2, 0.25) is 0 Å². The molecule has 0 aliphatic carbocycles. The van der Waals surface area contributed by atoms with Crippen molar-refractivity contribution in [2.45, 2.75) is 58.9 Å². The van der Waals surface area contributed by atoms with Crippen LogP contribution in [0.5, 0.6) is 0 Å². The van der Waals surface area contributed by atoms with Crippen LogP contribution in [0.25, 0.3) is 0 Å². The molecule has 3 nitrogen and oxygen atoms in total. The number of esters is 1. The molecule has 0 bridgehead atoms. The SMILES string of the molecule is COC(=O)CC(C)(C)CC(N)c1ccc(C(C)(C)C)s1. The predicted molar refractivity (Wildman–Crippen MR) is 85.0 cm³/mol. The molecule has 2 N–H and O–H groups in total. The summed E-state index contributed by atoms with van der Waals surface area (Å²) < 4.78 is 4.75. The van der Waals surface area contributed by atoms with Crippen molar-refractivity contribution in [3.63, 3.8) is 0 Å². The molecule has 0 aliphatic heterocycles. The van der Waals surface area contributed by atoms with Gasteiger partial charge in [-0.2, -0.15) is 0 Å². The third kappa shape index (κ3) is 4.91. The first-order valence-corrected chi connectivity index (χ1v) is 7.79. The quantitative estimate of drug-likeness (QED) is 0.835. The van der Waals surface area contributed by atoms with E-state index >= 15 is 0 Å². The number of carbonyl (C=O) groups is 1. The Morgan fingerprint density at radius 1 is 1.30 bits per heavy atom. The lowest BCUT2D eigenvalue weighted by Crippen LogP contribution is -2.24. The molecule has 1 atom stereocenters. The van der Waals surface area contributed by atoms with Crippen LogP contribution in [-0.2, 0) is 14.9 Å². The second-order valence-electron chi connectivity index (χ2n) is 7.18. The Morgan fingerprint density at radius 3 is 2.35 bits per heavy atom. The standard InChI is InChI=1S/C16H27NO2S/c1-15(2,3)13-8-7-12(20-13)11(17)9-16(4,5)10-14(18)19-6/h7-8,11H,9-10,17H2,1-6H3. The number of nitrogens with two attached hydrogens (primary N) is 1. The van der Waals surface area contributed by atoms with Gasteiger partial charge in [-0.05, 0) is 29.4 Å². The Bertz CT molecular complexity index is 457. The average molecular weight is 297 g/mol. The minimum Gasteiger partial charge on any atom is -0.469 e. The fourth-order valence-corrected chi connectivity index (χ4v) is 3.25. The summed E-state index contributed by atoms with van der Waals surface area (Å²) in [5.41, 5.74) is 6.32. The molecule has 0 saturated heterocycles. The Hall–Kier alpha value is -0.870. The fourth-order valence-electron chi connectivity index (χ4n) is 2.19. The van der Waals surface area contributed by atoms with Crippen molar-refractivity contribution in [1.82, 2.24) is 0 Å². The van der Waals surface area contributed by atoms with E-state index in [4.69, 9.17) is 10.5 Å². The van der Waals surface area contributed by atoms with Crippen molar-refractivity contribution < 1.29 is 9.53 Å². The Kier molecular flexibility index (Phi) is 5.39. The van der Waals surface area contributed by atoms with Crippen LogP contribution in [-0.4, -0.2) is 13.1 Å². The first kappa shape index (κ1) is 17.2. The van der Waals surface area contributed by atoms with E-state index < -0.39 is 0 Å². The second-order valence-corrected chi connectivity index (χ2v) is 8.30. The summed E-state index contributed by atoms with van der Waals surface area (Å²) >= 11 is 1.77. The van der Waals surface area contributed by atoms with E-state index in [0.29, 0.717) is 6.42 Å². The number of thiophene rings is 1. The first-order chi connectivity index (χ1) is 9.05. The largest absolute Gasteiger partial charge is 0.469 e. The molecule has 114 valence electrons. The summed E-state index contributed by atoms with van der Waals surface area (Å²) in [6.45, 7) is 10.7. The van der Waals surface area contributed by atoms with Crippen molar-refractivity contribution in [1.29, 1.82) is 0 Å². The zero-order valence-electron chi connectivity index (χ0n) is 13.4. The van der Waals surface area contributed by atoms with Crippen LogP contribution in [0, 0.1) is 5.41 Å². The topological polar surface area (TPSA) is 52.3 Å². The normalized spacial score (nSPS) is 14.2. The van der Waals surface area contributed by atoms with Crippen LogP contribution in [0.1, 0.15) is 63.3 Å². The zero-order chi connectivity index (χ0) is 15.6. The molecule has 0 spiro atoms. The van der Waals surface area contributed by atoms with E-state index in [-0.39, 0.29) is 22.8 Å². The summed E-state index contributed by atoms with van der Waals surface area (Å²) in [5.74, 6) is -0.177. The van der Waals surface area contributed by atoms with E-state index in [1.165, 1.54) is 16.9 Å². The van der Waals surface area contributed by atoms with Crippen LogP contribution >= 0.6 is 11.3 Å². The van der Waals surface area contributed by atoms with Crippen molar-refractivity contribution in [3.8, 4) is 0 Å². The summed E-state index contributed by atoms with van der Waals surface area (Å²) in [6.07, 6.45) is 1.17. The summed E-state index contributed by atoms with van der Waals surface area (Å²) in [6, 6.07) is 4.24. The van der Waals surface area contributed by atoms with E-state index in [9.17, 15) is 4.79 Å². The highest BCUT2D eigenvalue weighted by atomic mass is 32.1. The molecule has 0 saturated carbocycles. The number of methoxy groups -OCH3 is 1. The van der Waals surface area contributed by atoms with Gasteiger partial charge in [0.25, 0.3) is 0 Å². The number of carbonyl (C=O) groups excluding carboxylic acids is 1. The van der Waals surface area contributed by atoms with Crippen molar-refractivity contribution >= 4 is 17.3 Å². The molecule has 0 fully saturated rings. The highest BCUT2D eigenvalue weighted by Crippen LogP contribution is 2.37. The minimum absolute atomic E-state index is 0.0317. The Morgan fingerprint density at radius 2 is 1.90 bits per heavy atom. The molecule has 1 aromatic rings. The van der Waals surface area contributed by atoms with E-state index in [0.717, 1.165) is 6.42 Å². The van der Waals surface area contributed by atoms with Crippen LogP contribution in [0.4, 0.5) is 0 Å². The predicted octanol–water partition coefficient (Wildman–Crippen LogP) is 4.02. The summed E-state index contributed by atoms with van der Waals surface area (Å²) in [5, 5.41) is 0. The molecule has 0 amide bonds. The smallest absolute Gasteiger partial charge is 0.306 e. The molecule has 1 rings (SSSR count). The maximum absolute atomic E-state index is 11.4. The zero-order valence-corrected chi connectivity index (χ0v) is 14.3. The van der Waals surface area contributed by atoms with Gasteiger partial charge in [0, 0.05) is 15.8 Å². The average Bonchev–Trinajstić information content (AvgIpc) is 2.76. The van der Waals surface area contributed by atoms with Gasteiger partial charge >= 0.3 is 5.97 Å². The van der Waals surface area contributed by atoms with Crippen molar-refractivity contribution in [2.24, 2.45) is 11.1 Å². The number of ether oxygens (including phenoxy) is 1. The fraction of sp³-hybridized carbons (Fsp3) is 0.688. The molecule has 4 heteroatoms. The van der Waals surface area contributed by atoms with Gasteiger partial charge in [-0.1, -0.05) is 34.6 Å². The summed E-state index contributed by atoms with van der Waals surface area (Å²) in [7, 11) is 1.42. The Balaban J connectivity index is 2.73. The first-order valence-electron chi connectivity index (χ1n) is 6.98. The van der Waals surface area contributed by atoms with E-state index in [1.807, 2.05) is 0 Å². The van der Waals surface area contributed by atoms with Gasteiger partial charge in [-0.25, -0.2) is 0 Å². The van der Waals surface area contributed by atoms with Gasteiger partial charge in [0.15, 0.2) is 0 Å². The second kappa shape index (κ2) is 6.27. The van der Waals surface area contributed by atoms with E-state index in [2.05, 4.69) is 46.8 Å². The molecule has 1 heterocycles. The van der Waals surface area contributed by atoms with Crippen LogP contribution < -0.4 is 5.73 Å². The molecule has 0 aromatic carbocycles. The maximum Gasteiger partial charge on any atom is 0.306 e. The lowest BCUT2D eigenvalue weighted by atomic mass is 9.82. The highest BCUT2D eigenvalue weighted by molar-refractivity contribution is 7.12. The van der Waals surface area contributed by atoms with Gasteiger partial charge in [0.1, 0.15) is 0 Å².